The van der Waals surface area contributed by atoms with Crippen LogP contribution in [0.2, 0.25) is 5.02 Å². The molecule has 0 unspecified atom stereocenters. The predicted molar refractivity (Wildman–Crippen MR) is 115 cm³/mol. The second-order valence-corrected chi connectivity index (χ2v) is 9.12. The number of amides is 2. The Hall–Kier alpha value is -2.87. The van der Waals surface area contributed by atoms with E-state index in [9.17, 15) is 23.9 Å². The molecule has 3 aliphatic rings. The van der Waals surface area contributed by atoms with Crippen molar-refractivity contribution in [1.82, 2.24) is 14.4 Å². The summed E-state index contributed by atoms with van der Waals surface area (Å²) in [6.45, 7) is 2.94. The second-order valence-electron chi connectivity index (χ2n) is 8.71. The Balaban J connectivity index is 1.58. The van der Waals surface area contributed by atoms with Crippen LogP contribution in [-0.2, 0) is 18.6 Å². The van der Waals surface area contributed by atoms with Crippen molar-refractivity contribution in [1.29, 1.82) is 0 Å². The van der Waals surface area contributed by atoms with Crippen LogP contribution in [0.15, 0.2) is 23.0 Å². The third-order valence-corrected chi connectivity index (χ3v) is 7.20. The number of nitrogens with zero attached hydrogens (tertiary/aromatic N) is 3. The molecule has 0 radical (unpaired) electrons. The Morgan fingerprint density at radius 3 is 2.56 bits per heavy atom. The molecule has 32 heavy (non-hydrogen) atoms. The Morgan fingerprint density at radius 1 is 1.19 bits per heavy atom. The fourth-order valence-electron chi connectivity index (χ4n) is 5.28. The molecule has 2 aliphatic heterocycles. The van der Waals surface area contributed by atoms with E-state index in [-0.39, 0.29) is 28.7 Å². The first-order valence-electron chi connectivity index (χ1n) is 10.9. The van der Waals surface area contributed by atoms with Gasteiger partial charge in [0, 0.05) is 25.2 Å². The number of rotatable bonds is 4. The van der Waals surface area contributed by atoms with Crippen molar-refractivity contribution in [2.45, 2.75) is 51.2 Å². The lowest BCUT2D eigenvalue weighted by atomic mass is 9.83. The van der Waals surface area contributed by atoms with Gasteiger partial charge in [-0.15, -0.1) is 0 Å². The number of hydrogen-bond acceptors (Lipinski definition) is 4. The smallest absolute Gasteiger partial charge is 0.296 e. The van der Waals surface area contributed by atoms with Crippen LogP contribution in [0.5, 0.6) is 5.75 Å². The molecule has 1 saturated carbocycles. The van der Waals surface area contributed by atoms with Gasteiger partial charge in [0.05, 0.1) is 10.6 Å². The van der Waals surface area contributed by atoms with Crippen molar-refractivity contribution in [2.24, 2.45) is 0 Å². The van der Waals surface area contributed by atoms with Crippen molar-refractivity contribution in [3.63, 3.8) is 0 Å². The van der Waals surface area contributed by atoms with Gasteiger partial charge in [-0.25, -0.2) is 4.39 Å². The third-order valence-electron chi connectivity index (χ3n) is 6.91. The van der Waals surface area contributed by atoms with Crippen LogP contribution in [0, 0.1) is 5.82 Å². The van der Waals surface area contributed by atoms with Gasteiger partial charge in [-0.3, -0.25) is 19.0 Å². The maximum atomic E-state index is 13.5. The van der Waals surface area contributed by atoms with Gasteiger partial charge in [0.1, 0.15) is 17.2 Å². The van der Waals surface area contributed by atoms with Crippen LogP contribution in [0.1, 0.15) is 64.6 Å². The molecule has 0 saturated heterocycles. The number of hydrogen-bond donors (Lipinski definition) is 1. The van der Waals surface area contributed by atoms with Gasteiger partial charge in [-0.1, -0.05) is 24.6 Å². The van der Waals surface area contributed by atoms with Crippen LogP contribution in [0.4, 0.5) is 4.39 Å². The molecule has 0 atom stereocenters. The lowest BCUT2D eigenvalue weighted by molar-refractivity contribution is -0.0162. The van der Waals surface area contributed by atoms with Crippen molar-refractivity contribution < 1.29 is 19.1 Å². The maximum absolute atomic E-state index is 13.5. The van der Waals surface area contributed by atoms with Crippen LogP contribution < -0.4 is 5.56 Å². The predicted octanol–water partition coefficient (Wildman–Crippen LogP) is 3.25. The van der Waals surface area contributed by atoms with E-state index in [1.807, 2.05) is 6.92 Å². The van der Waals surface area contributed by atoms with Gasteiger partial charge in [0.2, 0.25) is 0 Å². The molecule has 1 aromatic carbocycles. The molecule has 1 aromatic heterocycles. The Kier molecular flexibility index (Phi) is 4.81. The van der Waals surface area contributed by atoms with E-state index < -0.39 is 28.7 Å². The topological polar surface area (TPSA) is 82.9 Å². The first-order valence-corrected chi connectivity index (χ1v) is 11.2. The normalized spacial score (nSPS) is 18.7. The van der Waals surface area contributed by atoms with Crippen molar-refractivity contribution in [2.75, 3.05) is 13.1 Å². The summed E-state index contributed by atoms with van der Waals surface area (Å²) in [5.41, 5.74) is -0.197. The van der Waals surface area contributed by atoms with Crippen molar-refractivity contribution in [3.8, 4) is 5.75 Å². The number of carbonyl (C=O) groups excluding carboxylic acids is 2. The van der Waals surface area contributed by atoms with E-state index in [1.54, 1.807) is 4.90 Å². The third kappa shape index (κ3) is 2.75. The number of carbonyl (C=O) groups is 2. The molecule has 5 rings (SSSR count). The highest BCUT2D eigenvalue weighted by Gasteiger charge is 2.55. The van der Waals surface area contributed by atoms with Crippen LogP contribution in [0.25, 0.3) is 0 Å². The molecule has 1 fully saturated rings. The fraction of sp³-hybridized carbons (Fsp3) is 0.435. The van der Waals surface area contributed by atoms with E-state index in [1.165, 1.54) is 27.7 Å². The van der Waals surface area contributed by atoms with E-state index in [0.29, 0.717) is 43.5 Å². The summed E-state index contributed by atoms with van der Waals surface area (Å²) in [4.78, 5) is 43.1. The van der Waals surface area contributed by atoms with Gasteiger partial charge >= 0.3 is 0 Å². The minimum Gasteiger partial charge on any atom is -0.502 e. The molecular formula is C23H23ClFN3O4. The molecule has 9 heteroatoms. The molecule has 168 valence electrons. The van der Waals surface area contributed by atoms with E-state index in [2.05, 4.69) is 0 Å². The number of fused-ring (bicyclic) bond motifs is 4. The first kappa shape index (κ1) is 21.0. The molecule has 1 N–H and O–H groups in total. The van der Waals surface area contributed by atoms with Crippen molar-refractivity contribution in [3.05, 3.63) is 61.8 Å². The molecule has 1 aliphatic carbocycles. The molecule has 2 amide bonds. The van der Waals surface area contributed by atoms with E-state index in [4.69, 9.17) is 11.6 Å². The van der Waals surface area contributed by atoms with Gasteiger partial charge in [-0.05, 0) is 49.8 Å². The average molecular weight is 460 g/mol. The average Bonchev–Trinajstić information content (AvgIpc) is 3.00. The molecule has 0 bridgehead atoms. The lowest BCUT2D eigenvalue weighted by Gasteiger charge is -2.46. The minimum absolute atomic E-state index is 0.0429. The fourth-order valence-corrected chi connectivity index (χ4v) is 5.48. The van der Waals surface area contributed by atoms with E-state index in [0.717, 1.165) is 12.8 Å². The van der Waals surface area contributed by atoms with Gasteiger partial charge < -0.3 is 14.9 Å². The molecule has 2 aromatic rings. The highest BCUT2D eigenvalue weighted by molar-refractivity contribution is 6.30. The largest absolute Gasteiger partial charge is 0.502 e. The standard InChI is InChI=1S/C23H23ClFN3O4/c1-2-9-27-21(31)18-14-6-10-26(12-13-4-5-16(25)15(24)11-13)20(30)17(14)19(29)22(32)28(18)23(27)7-3-8-23/h4-5,11,29H,2-3,6-10,12H2,1H3. The Labute approximate surface area is 189 Å². The SMILES string of the molecule is CCCN1C(=O)c2c3c(c(O)c(=O)n2C12CCC2)C(=O)N(Cc1ccc(F)c(Cl)c1)CC3. The van der Waals surface area contributed by atoms with Crippen molar-refractivity contribution >= 4 is 23.4 Å². The minimum atomic E-state index is -0.725. The summed E-state index contributed by atoms with van der Waals surface area (Å²) in [7, 11) is 0. The number of benzene rings is 1. The highest BCUT2D eigenvalue weighted by Crippen LogP contribution is 2.48. The zero-order chi connectivity index (χ0) is 22.8. The Bertz CT molecular complexity index is 1220. The zero-order valence-corrected chi connectivity index (χ0v) is 18.4. The summed E-state index contributed by atoms with van der Waals surface area (Å²) < 4.78 is 14.9. The zero-order valence-electron chi connectivity index (χ0n) is 17.7. The number of aromatic nitrogens is 1. The van der Waals surface area contributed by atoms with Gasteiger partial charge in [-0.2, -0.15) is 0 Å². The van der Waals surface area contributed by atoms with Crippen LogP contribution in [0.3, 0.4) is 0 Å². The quantitative estimate of drug-likeness (QED) is 0.760. The summed E-state index contributed by atoms with van der Waals surface area (Å²) in [5.74, 6) is -1.92. The Morgan fingerprint density at radius 2 is 1.94 bits per heavy atom. The molecule has 1 spiro atoms. The van der Waals surface area contributed by atoms with Crippen LogP contribution in [-0.4, -0.2) is 44.4 Å². The summed E-state index contributed by atoms with van der Waals surface area (Å²) in [6, 6.07) is 4.22. The van der Waals surface area contributed by atoms with Gasteiger partial charge in [0.25, 0.3) is 17.4 Å². The maximum Gasteiger partial charge on any atom is 0.296 e. The van der Waals surface area contributed by atoms with Gasteiger partial charge in [0.15, 0.2) is 5.75 Å². The second kappa shape index (κ2) is 7.33. The molecule has 3 heterocycles. The lowest BCUT2D eigenvalue weighted by Crippen LogP contribution is -2.55. The molecule has 7 nitrogen and oxygen atoms in total. The number of pyridine rings is 1. The summed E-state index contributed by atoms with van der Waals surface area (Å²) in [6.07, 6.45) is 3.30. The summed E-state index contributed by atoms with van der Waals surface area (Å²) >= 11 is 5.86. The van der Waals surface area contributed by atoms with Crippen LogP contribution >= 0.6 is 11.6 Å². The highest BCUT2D eigenvalue weighted by atomic mass is 35.5. The molecular weight excluding hydrogens is 437 g/mol. The number of halogens is 2. The summed E-state index contributed by atoms with van der Waals surface area (Å²) in [5, 5.41) is 10.8. The first-order chi connectivity index (χ1) is 15.3. The number of aromatic hydroxyl groups is 1. The monoisotopic (exact) mass is 459 g/mol. The van der Waals surface area contributed by atoms with E-state index >= 15 is 0 Å².